The fourth-order valence-corrected chi connectivity index (χ4v) is 2.60. The first-order chi connectivity index (χ1) is 13.9. The quantitative estimate of drug-likeness (QED) is 0.492. The predicted octanol–water partition coefficient (Wildman–Crippen LogP) is 4.36. The van der Waals surface area contributed by atoms with Crippen LogP contribution in [0.2, 0.25) is 0 Å². The van der Waals surface area contributed by atoms with E-state index in [-0.39, 0.29) is 29.5 Å². The number of nitro benzene ring substituents is 1. The zero-order valence-electron chi connectivity index (χ0n) is 15.8. The average molecular weight is 391 g/mol. The van der Waals surface area contributed by atoms with Crippen LogP contribution in [0.1, 0.15) is 16.7 Å². The molecule has 2 aromatic carbocycles. The monoisotopic (exact) mass is 391 g/mol. The Labute approximate surface area is 166 Å². The van der Waals surface area contributed by atoms with Crippen molar-refractivity contribution in [3.63, 3.8) is 0 Å². The summed E-state index contributed by atoms with van der Waals surface area (Å²) in [6.45, 7) is 3.66. The molecular weight excluding hydrogens is 374 g/mol. The van der Waals surface area contributed by atoms with Crippen LogP contribution in [0.25, 0.3) is 11.3 Å². The number of hydrogen-bond donors (Lipinski definition) is 1. The standard InChI is InChI=1S/C21H17N3O5/c1-13-6-7-18(8-14(13)2)28-12-20(25)23-21-16(11-22)10-19(29-21)15-4-3-5-17(9-15)24(26)27/h3-10H,12H2,1-2H3,(H,23,25). The lowest BCUT2D eigenvalue weighted by atomic mass is 10.1. The maximum atomic E-state index is 12.2. The van der Waals surface area contributed by atoms with Crippen molar-refractivity contribution in [1.82, 2.24) is 0 Å². The van der Waals surface area contributed by atoms with Gasteiger partial charge in [0.15, 0.2) is 6.61 Å². The Morgan fingerprint density at radius 3 is 2.69 bits per heavy atom. The van der Waals surface area contributed by atoms with Crippen LogP contribution in [0.4, 0.5) is 11.6 Å². The number of aryl methyl sites for hydroxylation is 2. The Morgan fingerprint density at radius 1 is 1.21 bits per heavy atom. The van der Waals surface area contributed by atoms with E-state index in [1.54, 1.807) is 12.1 Å². The number of anilines is 1. The Kier molecular flexibility index (Phi) is 5.60. The maximum absolute atomic E-state index is 12.2. The van der Waals surface area contributed by atoms with Crippen molar-refractivity contribution in [2.75, 3.05) is 11.9 Å². The van der Waals surface area contributed by atoms with Gasteiger partial charge in [0.2, 0.25) is 5.88 Å². The lowest BCUT2D eigenvalue weighted by Gasteiger charge is -2.08. The van der Waals surface area contributed by atoms with Crippen molar-refractivity contribution in [3.05, 3.63) is 75.3 Å². The molecule has 1 aromatic heterocycles. The van der Waals surface area contributed by atoms with Crippen molar-refractivity contribution >= 4 is 17.5 Å². The van der Waals surface area contributed by atoms with Gasteiger partial charge in [-0.25, -0.2) is 0 Å². The summed E-state index contributed by atoms with van der Waals surface area (Å²) in [4.78, 5) is 22.6. The van der Waals surface area contributed by atoms with E-state index in [0.29, 0.717) is 11.3 Å². The number of carbonyl (C=O) groups excluding carboxylic acids is 1. The molecule has 0 saturated heterocycles. The second-order valence-corrected chi connectivity index (χ2v) is 6.36. The SMILES string of the molecule is Cc1ccc(OCC(=O)Nc2oc(-c3cccc([N+](=O)[O-])c3)cc2C#N)cc1C. The largest absolute Gasteiger partial charge is 0.484 e. The van der Waals surface area contributed by atoms with Crippen LogP contribution in [0.5, 0.6) is 5.75 Å². The number of ether oxygens (including phenoxy) is 1. The third-order valence-corrected chi connectivity index (χ3v) is 4.30. The van der Waals surface area contributed by atoms with E-state index in [1.807, 2.05) is 32.0 Å². The Balaban J connectivity index is 1.73. The molecule has 0 aliphatic carbocycles. The molecule has 1 heterocycles. The number of benzene rings is 2. The number of furan rings is 1. The van der Waals surface area contributed by atoms with Crippen molar-refractivity contribution < 1.29 is 18.9 Å². The Morgan fingerprint density at radius 2 is 2.00 bits per heavy atom. The normalized spacial score (nSPS) is 10.2. The van der Waals surface area contributed by atoms with Gasteiger partial charge in [-0.05, 0) is 37.1 Å². The molecule has 0 aliphatic heterocycles. The van der Waals surface area contributed by atoms with Gasteiger partial charge in [-0.15, -0.1) is 0 Å². The highest BCUT2D eigenvalue weighted by Gasteiger charge is 2.17. The molecule has 29 heavy (non-hydrogen) atoms. The van der Waals surface area contributed by atoms with Gasteiger partial charge >= 0.3 is 0 Å². The maximum Gasteiger partial charge on any atom is 0.270 e. The van der Waals surface area contributed by atoms with Crippen LogP contribution >= 0.6 is 0 Å². The number of nitrogens with one attached hydrogen (secondary N) is 1. The number of non-ortho nitro benzene ring substituents is 1. The molecule has 3 aromatic rings. The number of nitro groups is 1. The minimum absolute atomic E-state index is 0.0392. The van der Waals surface area contributed by atoms with Gasteiger partial charge in [0.25, 0.3) is 11.6 Å². The Bertz CT molecular complexity index is 1130. The minimum atomic E-state index is -0.523. The predicted molar refractivity (Wildman–Crippen MR) is 106 cm³/mol. The molecule has 0 unspecified atom stereocenters. The van der Waals surface area contributed by atoms with E-state index in [1.165, 1.54) is 24.3 Å². The van der Waals surface area contributed by atoms with Crippen molar-refractivity contribution in [2.45, 2.75) is 13.8 Å². The zero-order chi connectivity index (χ0) is 21.0. The average Bonchev–Trinajstić information content (AvgIpc) is 3.11. The summed E-state index contributed by atoms with van der Waals surface area (Å²) >= 11 is 0. The van der Waals surface area contributed by atoms with E-state index in [2.05, 4.69) is 5.32 Å². The first-order valence-electron chi connectivity index (χ1n) is 8.66. The van der Waals surface area contributed by atoms with Crippen LogP contribution in [-0.4, -0.2) is 17.4 Å². The third-order valence-electron chi connectivity index (χ3n) is 4.30. The molecular formula is C21H17N3O5. The fraction of sp³-hybridized carbons (Fsp3) is 0.143. The second kappa shape index (κ2) is 8.27. The topological polar surface area (TPSA) is 118 Å². The number of carbonyl (C=O) groups is 1. The van der Waals surface area contributed by atoms with E-state index < -0.39 is 10.8 Å². The number of nitriles is 1. The molecule has 0 atom stereocenters. The highest BCUT2D eigenvalue weighted by atomic mass is 16.6. The van der Waals surface area contributed by atoms with Crippen LogP contribution in [0.3, 0.4) is 0 Å². The van der Waals surface area contributed by atoms with Crippen molar-refractivity contribution in [1.29, 1.82) is 5.26 Å². The number of rotatable bonds is 6. The van der Waals surface area contributed by atoms with Crippen LogP contribution in [0.15, 0.2) is 52.9 Å². The molecule has 3 rings (SSSR count). The first-order valence-corrected chi connectivity index (χ1v) is 8.66. The highest BCUT2D eigenvalue weighted by molar-refractivity contribution is 5.92. The zero-order valence-corrected chi connectivity index (χ0v) is 15.8. The smallest absolute Gasteiger partial charge is 0.270 e. The minimum Gasteiger partial charge on any atom is -0.484 e. The molecule has 0 saturated carbocycles. The number of amides is 1. The third kappa shape index (κ3) is 4.59. The van der Waals surface area contributed by atoms with Gasteiger partial charge in [-0.3, -0.25) is 20.2 Å². The molecule has 8 heteroatoms. The number of hydrogen-bond acceptors (Lipinski definition) is 6. The molecule has 1 amide bonds. The van der Waals surface area contributed by atoms with Gasteiger partial charge < -0.3 is 9.15 Å². The molecule has 0 bridgehead atoms. The van der Waals surface area contributed by atoms with Gasteiger partial charge in [0.05, 0.1) is 4.92 Å². The summed E-state index contributed by atoms with van der Waals surface area (Å²) in [5.41, 5.74) is 2.57. The van der Waals surface area contributed by atoms with Gasteiger partial charge in [-0.2, -0.15) is 5.26 Å². The molecule has 0 fully saturated rings. The molecule has 1 N–H and O–H groups in total. The first kappa shape index (κ1) is 19.6. The lowest BCUT2D eigenvalue weighted by Crippen LogP contribution is -2.20. The van der Waals surface area contributed by atoms with E-state index in [4.69, 9.17) is 9.15 Å². The summed E-state index contributed by atoms with van der Waals surface area (Å²) in [5.74, 6) is 0.249. The Hall–Kier alpha value is -4.12. The van der Waals surface area contributed by atoms with Gasteiger partial charge in [0.1, 0.15) is 23.1 Å². The summed E-state index contributed by atoms with van der Waals surface area (Å²) in [7, 11) is 0. The molecule has 0 aliphatic rings. The van der Waals surface area contributed by atoms with Crippen molar-refractivity contribution in [3.8, 4) is 23.1 Å². The van der Waals surface area contributed by atoms with Crippen molar-refractivity contribution in [2.24, 2.45) is 0 Å². The lowest BCUT2D eigenvalue weighted by molar-refractivity contribution is -0.384. The molecule has 146 valence electrons. The van der Waals surface area contributed by atoms with Crippen LogP contribution in [0, 0.1) is 35.3 Å². The molecule has 0 spiro atoms. The highest BCUT2D eigenvalue weighted by Crippen LogP contribution is 2.30. The van der Waals surface area contributed by atoms with E-state index in [9.17, 15) is 20.2 Å². The van der Waals surface area contributed by atoms with Crippen LogP contribution < -0.4 is 10.1 Å². The van der Waals surface area contributed by atoms with E-state index in [0.717, 1.165) is 11.1 Å². The summed E-state index contributed by atoms with van der Waals surface area (Å²) < 4.78 is 11.0. The second-order valence-electron chi connectivity index (χ2n) is 6.36. The summed E-state index contributed by atoms with van der Waals surface area (Å²) in [6.07, 6.45) is 0. The van der Waals surface area contributed by atoms with Crippen LogP contribution in [-0.2, 0) is 4.79 Å². The molecule has 8 nitrogen and oxygen atoms in total. The number of nitrogens with zero attached hydrogens (tertiary/aromatic N) is 2. The fourth-order valence-electron chi connectivity index (χ4n) is 2.60. The van der Waals surface area contributed by atoms with Gasteiger partial charge in [-0.1, -0.05) is 18.2 Å². The van der Waals surface area contributed by atoms with Gasteiger partial charge in [0, 0.05) is 23.8 Å². The summed E-state index contributed by atoms with van der Waals surface area (Å²) in [5, 5.41) is 22.7. The molecule has 0 radical (unpaired) electrons. The van der Waals surface area contributed by atoms with E-state index >= 15 is 0 Å². The summed E-state index contributed by atoms with van der Waals surface area (Å²) in [6, 6.07) is 14.6.